The van der Waals surface area contributed by atoms with Crippen LogP contribution in [-0.4, -0.2) is 43.0 Å². The van der Waals surface area contributed by atoms with Crippen LogP contribution in [0.1, 0.15) is 13.3 Å². The van der Waals surface area contributed by atoms with E-state index in [0.717, 1.165) is 26.2 Å². The van der Waals surface area contributed by atoms with Crippen LogP contribution in [0.3, 0.4) is 0 Å². The van der Waals surface area contributed by atoms with Crippen molar-refractivity contribution in [3.63, 3.8) is 0 Å². The Labute approximate surface area is 73.1 Å². The van der Waals surface area contributed by atoms with Gasteiger partial charge in [0.25, 0.3) is 0 Å². The fourth-order valence-electron chi connectivity index (χ4n) is 1.48. The van der Waals surface area contributed by atoms with Gasteiger partial charge in [-0.05, 0) is 6.92 Å². The molecule has 1 heterocycles. The highest BCUT2D eigenvalue weighted by atomic mass is 16.1. The number of hydrogen-bond donors (Lipinski definition) is 2. The Morgan fingerprint density at radius 3 is 3.08 bits per heavy atom. The first-order valence-electron chi connectivity index (χ1n) is 4.42. The van der Waals surface area contributed by atoms with Crippen LogP contribution < -0.4 is 11.1 Å². The van der Waals surface area contributed by atoms with Gasteiger partial charge in [0.05, 0.1) is 0 Å². The minimum Gasteiger partial charge on any atom is -0.370 e. The van der Waals surface area contributed by atoms with Gasteiger partial charge < -0.3 is 16.0 Å². The van der Waals surface area contributed by atoms with E-state index in [1.807, 2.05) is 0 Å². The van der Waals surface area contributed by atoms with Crippen molar-refractivity contribution < 1.29 is 4.79 Å². The van der Waals surface area contributed by atoms with Gasteiger partial charge in [0.1, 0.15) is 0 Å². The second-order valence-corrected chi connectivity index (χ2v) is 3.37. The average molecular weight is 171 g/mol. The van der Waals surface area contributed by atoms with Crippen molar-refractivity contribution in [2.45, 2.75) is 19.4 Å². The number of carbonyl (C=O) groups excluding carboxylic acids is 1. The van der Waals surface area contributed by atoms with Crippen molar-refractivity contribution in [2.75, 3.05) is 26.2 Å². The van der Waals surface area contributed by atoms with Crippen molar-refractivity contribution in [3.05, 3.63) is 0 Å². The Bertz CT molecular complexity index is 160. The fraction of sp³-hybridized carbons (Fsp3) is 0.875. The summed E-state index contributed by atoms with van der Waals surface area (Å²) in [5, 5.41) is 3.34. The molecular formula is C8H17N3O. The van der Waals surface area contributed by atoms with Crippen molar-refractivity contribution >= 4 is 5.91 Å². The molecule has 1 saturated heterocycles. The molecule has 12 heavy (non-hydrogen) atoms. The summed E-state index contributed by atoms with van der Waals surface area (Å²) in [6.07, 6.45) is 0.479. The van der Waals surface area contributed by atoms with Crippen LogP contribution in [0.2, 0.25) is 0 Å². The molecule has 3 N–H and O–H groups in total. The lowest BCUT2D eigenvalue weighted by atomic mass is 10.2. The lowest BCUT2D eigenvalue weighted by Gasteiger charge is -2.31. The molecule has 1 atom stereocenters. The molecule has 0 saturated carbocycles. The quantitative estimate of drug-likeness (QED) is 0.582. The molecular weight excluding hydrogens is 154 g/mol. The van der Waals surface area contributed by atoms with Crippen LogP contribution in [-0.2, 0) is 4.79 Å². The first kappa shape index (κ1) is 9.48. The molecule has 0 aromatic rings. The number of rotatable bonds is 3. The molecule has 0 radical (unpaired) electrons. The van der Waals surface area contributed by atoms with Crippen molar-refractivity contribution in [1.29, 1.82) is 0 Å². The predicted octanol–water partition coefficient (Wildman–Crippen LogP) is -0.844. The molecule has 1 rings (SSSR count). The number of nitrogens with two attached hydrogens (primary N) is 1. The molecule has 0 aromatic heterocycles. The molecule has 1 aliphatic rings. The maximum absolute atomic E-state index is 10.5. The van der Waals surface area contributed by atoms with Crippen LogP contribution in [0.25, 0.3) is 0 Å². The Hall–Kier alpha value is -0.610. The molecule has 1 aliphatic heterocycles. The van der Waals surface area contributed by atoms with E-state index >= 15 is 0 Å². The number of piperazine rings is 1. The van der Waals surface area contributed by atoms with E-state index in [4.69, 9.17) is 5.73 Å². The lowest BCUT2D eigenvalue weighted by Crippen LogP contribution is -2.49. The zero-order valence-electron chi connectivity index (χ0n) is 7.55. The van der Waals surface area contributed by atoms with E-state index in [1.54, 1.807) is 0 Å². The van der Waals surface area contributed by atoms with Gasteiger partial charge in [-0.1, -0.05) is 0 Å². The molecule has 0 aromatic carbocycles. The van der Waals surface area contributed by atoms with Gasteiger partial charge >= 0.3 is 0 Å². The standard InChI is InChI=1S/C8H17N3O/c1-7-6-11(5-3-10-7)4-2-8(9)12/h7,10H,2-6H2,1H3,(H2,9,12). The summed E-state index contributed by atoms with van der Waals surface area (Å²) in [5.41, 5.74) is 5.06. The summed E-state index contributed by atoms with van der Waals surface area (Å²) in [6, 6.07) is 0.534. The third-order valence-electron chi connectivity index (χ3n) is 2.13. The van der Waals surface area contributed by atoms with E-state index in [1.165, 1.54) is 0 Å². The van der Waals surface area contributed by atoms with Crippen molar-refractivity contribution in [2.24, 2.45) is 5.73 Å². The zero-order valence-corrected chi connectivity index (χ0v) is 7.55. The van der Waals surface area contributed by atoms with E-state index in [9.17, 15) is 4.79 Å². The van der Waals surface area contributed by atoms with E-state index < -0.39 is 0 Å². The summed E-state index contributed by atoms with van der Waals surface area (Å²) < 4.78 is 0. The van der Waals surface area contributed by atoms with E-state index in [0.29, 0.717) is 12.5 Å². The highest BCUT2D eigenvalue weighted by molar-refractivity contribution is 5.73. The van der Waals surface area contributed by atoms with Gasteiger partial charge in [0.2, 0.25) is 5.91 Å². The predicted molar refractivity (Wildman–Crippen MR) is 47.7 cm³/mol. The second kappa shape index (κ2) is 4.42. The SMILES string of the molecule is CC1CN(CCC(N)=O)CCN1. The molecule has 0 bridgehead atoms. The van der Waals surface area contributed by atoms with E-state index in [-0.39, 0.29) is 5.91 Å². The van der Waals surface area contributed by atoms with Gasteiger partial charge in [0, 0.05) is 38.6 Å². The smallest absolute Gasteiger partial charge is 0.218 e. The molecule has 0 aliphatic carbocycles. The molecule has 0 spiro atoms. The number of nitrogens with zero attached hydrogens (tertiary/aromatic N) is 1. The van der Waals surface area contributed by atoms with Gasteiger partial charge in [0.15, 0.2) is 0 Å². The Balaban J connectivity index is 2.18. The van der Waals surface area contributed by atoms with Crippen LogP contribution in [0.15, 0.2) is 0 Å². The monoisotopic (exact) mass is 171 g/mol. The number of nitrogens with one attached hydrogen (secondary N) is 1. The number of primary amides is 1. The van der Waals surface area contributed by atoms with Crippen LogP contribution in [0, 0.1) is 0 Å². The highest BCUT2D eigenvalue weighted by Crippen LogP contribution is 1.98. The lowest BCUT2D eigenvalue weighted by molar-refractivity contribution is -0.118. The molecule has 70 valence electrons. The first-order chi connectivity index (χ1) is 5.68. The van der Waals surface area contributed by atoms with Crippen molar-refractivity contribution in [1.82, 2.24) is 10.2 Å². The maximum atomic E-state index is 10.5. The largest absolute Gasteiger partial charge is 0.370 e. The maximum Gasteiger partial charge on any atom is 0.218 e. The third-order valence-corrected chi connectivity index (χ3v) is 2.13. The number of hydrogen-bond acceptors (Lipinski definition) is 3. The summed E-state index contributed by atoms with van der Waals surface area (Å²) in [6.45, 7) is 6.02. The van der Waals surface area contributed by atoms with Gasteiger partial charge in [-0.2, -0.15) is 0 Å². The molecule has 1 unspecified atom stereocenters. The van der Waals surface area contributed by atoms with E-state index in [2.05, 4.69) is 17.1 Å². The number of carbonyl (C=O) groups is 1. The van der Waals surface area contributed by atoms with Crippen LogP contribution >= 0.6 is 0 Å². The second-order valence-electron chi connectivity index (χ2n) is 3.37. The van der Waals surface area contributed by atoms with Gasteiger partial charge in [-0.15, -0.1) is 0 Å². The van der Waals surface area contributed by atoms with Crippen LogP contribution in [0.4, 0.5) is 0 Å². The first-order valence-corrected chi connectivity index (χ1v) is 4.42. The number of amides is 1. The minimum absolute atomic E-state index is 0.207. The van der Waals surface area contributed by atoms with Gasteiger partial charge in [-0.25, -0.2) is 0 Å². The normalized spacial score (nSPS) is 25.6. The summed E-state index contributed by atoms with van der Waals surface area (Å²) in [7, 11) is 0. The highest BCUT2D eigenvalue weighted by Gasteiger charge is 2.14. The Morgan fingerprint density at radius 1 is 1.75 bits per heavy atom. The Kier molecular flexibility index (Phi) is 3.49. The molecule has 4 heteroatoms. The topological polar surface area (TPSA) is 58.4 Å². The van der Waals surface area contributed by atoms with Gasteiger partial charge in [-0.3, -0.25) is 4.79 Å². The molecule has 1 amide bonds. The summed E-state index contributed by atoms with van der Waals surface area (Å²) in [5.74, 6) is -0.207. The van der Waals surface area contributed by atoms with Crippen LogP contribution in [0.5, 0.6) is 0 Å². The average Bonchev–Trinajstić information content (AvgIpc) is 2.01. The third kappa shape index (κ3) is 3.19. The fourth-order valence-corrected chi connectivity index (χ4v) is 1.48. The molecule has 1 fully saturated rings. The summed E-state index contributed by atoms with van der Waals surface area (Å²) in [4.78, 5) is 12.8. The Morgan fingerprint density at radius 2 is 2.50 bits per heavy atom. The summed E-state index contributed by atoms with van der Waals surface area (Å²) >= 11 is 0. The van der Waals surface area contributed by atoms with Crippen molar-refractivity contribution in [3.8, 4) is 0 Å². The molecule has 4 nitrogen and oxygen atoms in total. The minimum atomic E-state index is -0.207. The zero-order chi connectivity index (χ0) is 8.97.